The minimum atomic E-state index is -0.720. The largest absolute Gasteiger partial charge is 0.454 e. The van der Waals surface area contributed by atoms with Crippen LogP contribution in [0.1, 0.15) is 21.5 Å². The van der Waals surface area contributed by atoms with Gasteiger partial charge in [0.2, 0.25) is 0 Å². The number of ether oxygens (including phenoxy) is 1. The van der Waals surface area contributed by atoms with Crippen molar-refractivity contribution >= 4 is 29.1 Å². The first kappa shape index (κ1) is 19.2. The number of fused-ring (bicyclic) bond motifs is 1. The number of nitrogens with zero attached hydrogens (tertiary/aromatic N) is 2. The molecule has 0 atom stereocenters. The molecule has 0 saturated carbocycles. The number of amides is 1. The summed E-state index contributed by atoms with van der Waals surface area (Å²) in [5.74, 6) is 0.593. The van der Waals surface area contributed by atoms with Crippen LogP contribution in [-0.2, 0) is 6.42 Å². The molecular formula is C19H14Cl2N4O4. The van der Waals surface area contributed by atoms with Crippen molar-refractivity contribution in [2.75, 3.05) is 6.54 Å². The number of carbonyl (C=O) groups is 1. The van der Waals surface area contributed by atoms with Crippen molar-refractivity contribution in [3.8, 4) is 17.2 Å². The fourth-order valence-corrected chi connectivity index (χ4v) is 3.78. The molecule has 0 saturated heterocycles. The molecule has 1 aromatic heterocycles. The molecule has 1 aliphatic rings. The molecule has 4 rings (SSSR count). The first-order valence-corrected chi connectivity index (χ1v) is 9.37. The molecule has 1 amide bonds. The van der Waals surface area contributed by atoms with E-state index in [1.54, 1.807) is 12.1 Å². The van der Waals surface area contributed by atoms with Crippen molar-refractivity contribution in [2.45, 2.75) is 13.3 Å². The zero-order valence-corrected chi connectivity index (χ0v) is 16.6. The van der Waals surface area contributed by atoms with E-state index in [0.717, 1.165) is 22.0 Å². The fraction of sp³-hybridized carbons (Fsp3) is 0.158. The molecule has 0 aliphatic carbocycles. The first-order valence-electron chi connectivity index (χ1n) is 8.61. The zero-order chi connectivity index (χ0) is 20.7. The second kappa shape index (κ2) is 7.38. The molecule has 8 nitrogen and oxygen atoms in total. The summed E-state index contributed by atoms with van der Waals surface area (Å²) in [6.07, 6.45) is 1.67. The predicted octanol–water partition coefficient (Wildman–Crippen LogP) is 2.61. The lowest BCUT2D eigenvalue weighted by Crippen LogP contribution is -2.32. The second-order valence-electron chi connectivity index (χ2n) is 6.47. The predicted molar refractivity (Wildman–Crippen MR) is 108 cm³/mol. The summed E-state index contributed by atoms with van der Waals surface area (Å²) in [5.41, 5.74) is 1.26. The van der Waals surface area contributed by atoms with Gasteiger partial charge in [0.05, 0.1) is 15.7 Å². The van der Waals surface area contributed by atoms with Crippen LogP contribution in [0.5, 0.6) is 11.5 Å². The maximum atomic E-state index is 12.1. The van der Waals surface area contributed by atoms with Crippen LogP contribution in [0.4, 0.5) is 0 Å². The Labute approximate surface area is 174 Å². The minimum absolute atomic E-state index is 0.102. The van der Waals surface area contributed by atoms with Crippen LogP contribution in [0.15, 0.2) is 40.1 Å². The Morgan fingerprint density at radius 3 is 2.52 bits per heavy atom. The third-order valence-electron chi connectivity index (χ3n) is 4.46. The molecule has 2 aromatic carbocycles. The third kappa shape index (κ3) is 3.64. The number of hydrogen-bond acceptors (Lipinski definition) is 5. The van der Waals surface area contributed by atoms with E-state index in [4.69, 9.17) is 27.9 Å². The Hall–Kier alpha value is -3.10. The van der Waals surface area contributed by atoms with Gasteiger partial charge in [-0.1, -0.05) is 23.2 Å². The number of hydrogen-bond donors (Lipinski definition) is 2. The van der Waals surface area contributed by atoms with Crippen molar-refractivity contribution < 1.29 is 9.53 Å². The van der Waals surface area contributed by atoms with Gasteiger partial charge in [-0.25, -0.2) is 4.79 Å². The number of halogens is 2. The Bertz CT molecular complexity index is 1240. The summed E-state index contributed by atoms with van der Waals surface area (Å²) >= 11 is 12.7. The highest BCUT2D eigenvalue weighted by Gasteiger charge is 2.21. The highest BCUT2D eigenvalue weighted by Crippen LogP contribution is 2.39. The first-order chi connectivity index (χ1) is 13.8. The molecule has 0 spiro atoms. The lowest BCUT2D eigenvalue weighted by atomic mass is 9.95. The summed E-state index contributed by atoms with van der Waals surface area (Å²) in [7, 11) is 0. The van der Waals surface area contributed by atoms with Crippen molar-refractivity contribution in [1.82, 2.24) is 20.1 Å². The monoisotopic (exact) mass is 432 g/mol. The van der Waals surface area contributed by atoms with Gasteiger partial charge in [0, 0.05) is 12.1 Å². The molecule has 0 fully saturated rings. The number of aromatic nitrogens is 3. The van der Waals surface area contributed by atoms with E-state index in [1.807, 2.05) is 6.92 Å². The Morgan fingerprint density at radius 2 is 1.83 bits per heavy atom. The van der Waals surface area contributed by atoms with Crippen LogP contribution < -0.4 is 21.3 Å². The van der Waals surface area contributed by atoms with Crippen LogP contribution in [0.2, 0.25) is 10.0 Å². The van der Waals surface area contributed by atoms with Crippen molar-refractivity contribution in [3.05, 3.63) is 78.0 Å². The third-order valence-corrected chi connectivity index (χ3v) is 5.02. The summed E-state index contributed by atoms with van der Waals surface area (Å²) < 4.78 is 6.86. The average molecular weight is 433 g/mol. The van der Waals surface area contributed by atoms with E-state index in [1.165, 1.54) is 12.1 Å². The molecule has 2 N–H and O–H groups in total. The normalized spacial score (nSPS) is 13.0. The van der Waals surface area contributed by atoms with Gasteiger partial charge in [-0.3, -0.25) is 14.6 Å². The number of H-pyrrole nitrogens is 1. The van der Waals surface area contributed by atoms with Gasteiger partial charge in [-0.15, -0.1) is 0 Å². The average Bonchev–Trinajstić information content (AvgIpc) is 2.64. The van der Waals surface area contributed by atoms with Crippen LogP contribution in [0.25, 0.3) is 5.69 Å². The van der Waals surface area contributed by atoms with Crippen LogP contribution in [-0.4, -0.2) is 27.2 Å². The van der Waals surface area contributed by atoms with E-state index in [9.17, 15) is 14.4 Å². The molecule has 148 valence electrons. The molecule has 3 aromatic rings. The van der Waals surface area contributed by atoms with Crippen molar-refractivity contribution in [2.24, 2.45) is 0 Å². The molecule has 2 heterocycles. The molecule has 29 heavy (non-hydrogen) atoms. The molecule has 0 radical (unpaired) electrons. The number of carbonyl (C=O) groups excluding carboxylic acids is 1. The number of rotatable bonds is 3. The van der Waals surface area contributed by atoms with Crippen molar-refractivity contribution in [1.29, 1.82) is 0 Å². The lowest BCUT2D eigenvalue weighted by molar-refractivity contribution is 0.0945. The standard InChI is InChI=1S/C19H14Cl2N4O4/c1-9-4-12(5-10-2-3-22-18(27)16(9)10)29-17-13(20)6-11(7-14(17)21)25-19(28)24-15(26)8-23-25/h4-8H,2-3H2,1H3,(H,22,27)(H,24,26,28). The van der Waals surface area contributed by atoms with Crippen molar-refractivity contribution in [3.63, 3.8) is 0 Å². The van der Waals surface area contributed by atoms with E-state index in [0.29, 0.717) is 24.3 Å². The van der Waals surface area contributed by atoms with Crippen LogP contribution in [0, 0.1) is 6.92 Å². The lowest BCUT2D eigenvalue weighted by Gasteiger charge is -2.20. The molecular weight excluding hydrogens is 419 g/mol. The summed E-state index contributed by atoms with van der Waals surface area (Å²) in [4.78, 5) is 37.3. The van der Waals surface area contributed by atoms with Gasteiger partial charge < -0.3 is 10.1 Å². The number of benzene rings is 2. The summed E-state index contributed by atoms with van der Waals surface area (Å²) in [6.45, 7) is 2.39. The molecule has 0 unspecified atom stereocenters. The molecule has 0 bridgehead atoms. The van der Waals surface area contributed by atoms with Gasteiger partial charge >= 0.3 is 5.69 Å². The van der Waals surface area contributed by atoms with Gasteiger partial charge in [0.25, 0.3) is 11.5 Å². The highest BCUT2D eigenvalue weighted by atomic mass is 35.5. The quantitative estimate of drug-likeness (QED) is 0.661. The van der Waals surface area contributed by atoms with Gasteiger partial charge in [-0.2, -0.15) is 9.78 Å². The second-order valence-corrected chi connectivity index (χ2v) is 7.29. The Balaban J connectivity index is 1.72. The van der Waals surface area contributed by atoms with E-state index >= 15 is 0 Å². The maximum absolute atomic E-state index is 12.1. The SMILES string of the molecule is Cc1cc(Oc2c(Cl)cc(-n3ncc(=O)[nH]c3=O)cc2Cl)cc2c1C(=O)NCC2. The Kier molecular flexibility index (Phi) is 4.89. The number of nitrogens with one attached hydrogen (secondary N) is 2. The maximum Gasteiger partial charge on any atom is 0.349 e. The smallest absolute Gasteiger partial charge is 0.349 e. The number of aryl methyl sites for hydroxylation is 1. The molecule has 10 heteroatoms. The van der Waals surface area contributed by atoms with Crippen LogP contribution in [0.3, 0.4) is 0 Å². The Morgan fingerprint density at radius 1 is 1.10 bits per heavy atom. The summed E-state index contributed by atoms with van der Waals surface area (Å²) in [5, 5.41) is 6.90. The topological polar surface area (TPSA) is 106 Å². The van der Waals surface area contributed by atoms with Gasteiger partial charge in [0.15, 0.2) is 5.75 Å². The van der Waals surface area contributed by atoms with Gasteiger partial charge in [-0.05, 0) is 48.7 Å². The summed E-state index contributed by atoms with van der Waals surface area (Å²) in [6, 6.07) is 6.43. The molecule has 1 aliphatic heterocycles. The van der Waals surface area contributed by atoms with Crippen LogP contribution >= 0.6 is 23.2 Å². The zero-order valence-electron chi connectivity index (χ0n) is 15.1. The minimum Gasteiger partial charge on any atom is -0.454 e. The van der Waals surface area contributed by atoms with Gasteiger partial charge in [0.1, 0.15) is 11.9 Å². The fourth-order valence-electron chi connectivity index (χ4n) is 3.23. The highest BCUT2D eigenvalue weighted by molar-refractivity contribution is 6.37. The van der Waals surface area contributed by atoms with E-state index in [2.05, 4.69) is 15.4 Å². The van der Waals surface area contributed by atoms with E-state index < -0.39 is 11.2 Å². The number of aromatic amines is 1. The van der Waals surface area contributed by atoms with E-state index in [-0.39, 0.29) is 27.4 Å².